The van der Waals surface area contributed by atoms with Crippen LogP contribution in [0.2, 0.25) is 0 Å². The molecule has 0 unspecified atom stereocenters. The molecular formula is C17H16N6Na4O9S3. The van der Waals surface area contributed by atoms with E-state index in [1.165, 1.54) is 18.2 Å². The first-order valence-corrected chi connectivity index (χ1v) is 14.0. The number of benzene rings is 2. The van der Waals surface area contributed by atoms with E-state index in [0.717, 1.165) is 6.07 Å². The van der Waals surface area contributed by atoms with Crippen LogP contribution in [0, 0.1) is 6.07 Å². The zero-order valence-corrected chi connectivity index (χ0v) is 31.9. The standard InChI is InChI=1S/C17H19N6O9S3.4Na/c24-33(25,26)8-6-18-15-21-16(19-7-9-34(27,28)29)23-17(22-15)20-12-5-4-11-2-1-3-14(13(11)10-12)35(30,31)32;;;;/h1-3,5,10H,6-9H2,(H,24,25,26)(H,27,28,29)(H,30,31,32)(H3,18,19,20,21,22,23);;;;/q-1;4*+1/p-3. The van der Waals surface area contributed by atoms with Crippen molar-refractivity contribution in [2.24, 2.45) is 0 Å². The van der Waals surface area contributed by atoms with Crippen LogP contribution in [-0.2, 0) is 30.4 Å². The SMILES string of the molecule is O=S(=O)([O-])CCNc1nc(NCCS(=O)(=O)[O-])nc(Nc2c[c-]c3cccc(S(=O)(=O)[O-])c3c2)n1.[Na+].[Na+].[Na+].[Na+]. The number of aromatic nitrogens is 3. The quantitative estimate of drug-likeness (QED) is 0.100. The van der Waals surface area contributed by atoms with E-state index in [0.29, 0.717) is 5.39 Å². The van der Waals surface area contributed by atoms with Crippen molar-refractivity contribution in [2.45, 2.75) is 4.90 Å². The summed E-state index contributed by atoms with van der Waals surface area (Å²) in [5.74, 6) is -2.12. The fourth-order valence-corrected chi connectivity index (χ4v) is 4.14. The summed E-state index contributed by atoms with van der Waals surface area (Å²) in [6, 6.07) is 9.66. The average Bonchev–Trinajstić information content (AvgIpc) is 2.70. The van der Waals surface area contributed by atoms with Gasteiger partial charge in [0.05, 0.1) is 31.7 Å². The van der Waals surface area contributed by atoms with Gasteiger partial charge in [-0.25, -0.2) is 25.3 Å². The summed E-state index contributed by atoms with van der Waals surface area (Å²) in [6.07, 6.45) is 0. The molecule has 2 aromatic carbocycles. The molecule has 3 N–H and O–H groups in total. The van der Waals surface area contributed by atoms with Crippen molar-refractivity contribution in [3.05, 3.63) is 36.4 Å². The van der Waals surface area contributed by atoms with Gasteiger partial charge in [0.25, 0.3) is 0 Å². The van der Waals surface area contributed by atoms with Gasteiger partial charge in [-0.3, -0.25) is 0 Å². The molecule has 39 heavy (non-hydrogen) atoms. The molecule has 0 spiro atoms. The van der Waals surface area contributed by atoms with Crippen molar-refractivity contribution in [3.63, 3.8) is 0 Å². The third-order valence-electron chi connectivity index (χ3n) is 4.18. The van der Waals surface area contributed by atoms with Crippen molar-refractivity contribution in [1.29, 1.82) is 0 Å². The Morgan fingerprint density at radius 2 is 1.23 bits per heavy atom. The maximum Gasteiger partial charge on any atom is 1.00 e. The molecule has 190 valence electrons. The number of nitrogens with zero attached hydrogens (tertiary/aromatic N) is 3. The van der Waals surface area contributed by atoms with Gasteiger partial charge >= 0.3 is 118 Å². The van der Waals surface area contributed by atoms with Gasteiger partial charge in [0, 0.05) is 18.0 Å². The van der Waals surface area contributed by atoms with E-state index >= 15 is 0 Å². The molecule has 0 radical (unpaired) electrons. The smallest absolute Gasteiger partial charge is 0.748 e. The van der Waals surface area contributed by atoms with Crippen molar-refractivity contribution in [2.75, 3.05) is 40.5 Å². The van der Waals surface area contributed by atoms with Gasteiger partial charge in [-0.05, 0) is 5.69 Å². The zero-order chi connectivity index (χ0) is 25.9. The molecule has 22 heteroatoms. The molecule has 0 saturated heterocycles. The van der Waals surface area contributed by atoms with Gasteiger partial charge in [0.1, 0.15) is 10.1 Å². The van der Waals surface area contributed by atoms with Crippen LogP contribution in [0.25, 0.3) is 10.8 Å². The summed E-state index contributed by atoms with van der Waals surface area (Å²) in [5, 5.41) is 8.18. The number of rotatable bonds is 11. The number of anilines is 4. The third-order valence-corrected chi connectivity index (χ3v) is 6.48. The summed E-state index contributed by atoms with van der Waals surface area (Å²) in [6.45, 7) is -0.698. The molecule has 0 aliphatic carbocycles. The van der Waals surface area contributed by atoms with E-state index in [-0.39, 0.29) is 160 Å². The third kappa shape index (κ3) is 14.7. The second kappa shape index (κ2) is 17.8. The van der Waals surface area contributed by atoms with Gasteiger partial charge in [-0.1, -0.05) is 11.5 Å². The Morgan fingerprint density at radius 1 is 0.744 bits per heavy atom. The minimum atomic E-state index is -4.79. The van der Waals surface area contributed by atoms with Crippen LogP contribution in [-0.4, -0.2) is 78.5 Å². The number of hydrogen-bond donors (Lipinski definition) is 3. The molecule has 1 heterocycles. The monoisotopic (exact) mass is 636 g/mol. The fourth-order valence-electron chi connectivity index (χ4n) is 2.76. The zero-order valence-electron chi connectivity index (χ0n) is 21.5. The summed E-state index contributed by atoms with van der Waals surface area (Å²) >= 11 is 0. The molecule has 0 aliphatic rings. The molecule has 3 rings (SSSR count). The van der Waals surface area contributed by atoms with Crippen LogP contribution in [0.15, 0.2) is 35.2 Å². The molecule has 0 bridgehead atoms. The van der Waals surface area contributed by atoms with E-state index in [9.17, 15) is 38.9 Å². The molecule has 0 fully saturated rings. The molecule has 15 nitrogen and oxygen atoms in total. The minimum absolute atomic E-state index is 0. The average molecular weight is 637 g/mol. The van der Waals surface area contributed by atoms with Crippen LogP contribution < -0.4 is 134 Å². The van der Waals surface area contributed by atoms with Crippen molar-refractivity contribution in [3.8, 4) is 0 Å². The van der Waals surface area contributed by atoms with Crippen molar-refractivity contribution < 1.29 is 157 Å². The Bertz CT molecular complexity index is 1520. The number of nitrogens with one attached hydrogen (secondary N) is 3. The van der Waals surface area contributed by atoms with Crippen LogP contribution >= 0.6 is 0 Å². The topological polar surface area (TPSA) is 246 Å². The van der Waals surface area contributed by atoms with Gasteiger partial charge in [-0.2, -0.15) is 15.0 Å². The Balaban J connectivity index is 0. The van der Waals surface area contributed by atoms with Gasteiger partial charge in [0.2, 0.25) is 17.8 Å². The van der Waals surface area contributed by atoms with Gasteiger partial charge in [0.15, 0.2) is 0 Å². The van der Waals surface area contributed by atoms with E-state index in [1.807, 2.05) is 0 Å². The normalized spacial score (nSPS) is 11.2. The maximum atomic E-state index is 11.6. The second-order valence-electron chi connectivity index (χ2n) is 6.87. The van der Waals surface area contributed by atoms with E-state index in [2.05, 4.69) is 37.0 Å². The molecule has 3 aromatic rings. The largest absolute Gasteiger partial charge is 1.00 e. The molecule has 0 atom stereocenters. The van der Waals surface area contributed by atoms with Crippen LogP contribution in [0.3, 0.4) is 0 Å². The summed E-state index contributed by atoms with van der Waals surface area (Å²) in [5.41, 5.74) is 0.209. The molecule has 1 aromatic heterocycles. The molecule has 0 aliphatic heterocycles. The van der Waals surface area contributed by atoms with E-state index < -0.39 is 46.8 Å². The molecule has 0 saturated carbocycles. The summed E-state index contributed by atoms with van der Waals surface area (Å²) in [4.78, 5) is 11.4. The summed E-state index contributed by atoms with van der Waals surface area (Å²) in [7, 11) is -13.8. The Hall–Kier alpha value is 0.840. The molecular weight excluding hydrogens is 620 g/mol. The van der Waals surface area contributed by atoms with Crippen LogP contribution in [0.4, 0.5) is 23.5 Å². The van der Waals surface area contributed by atoms with Gasteiger partial charge in [-0.15, -0.1) is 35.7 Å². The fraction of sp³-hybridized carbons (Fsp3) is 0.235. The number of fused-ring (bicyclic) bond motifs is 1. The van der Waals surface area contributed by atoms with E-state index in [1.54, 1.807) is 6.07 Å². The summed E-state index contributed by atoms with van der Waals surface area (Å²) < 4.78 is 99.6. The van der Waals surface area contributed by atoms with Crippen molar-refractivity contribution >= 4 is 64.7 Å². The molecule has 0 amide bonds. The second-order valence-corrected chi connectivity index (χ2v) is 11.3. The van der Waals surface area contributed by atoms with Crippen molar-refractivity contribution in [1.82, 2.24) is 15.0 Å². The first kappa shape index (κ1) is 42.0. The number of hydrogen-bond acceptors (Lipinski definition) is 15. The first-order chi connectivity index (χ1) is 16.2. The predicted molar refractivity (Wildman–Crippen MR) is 120 cm³/mol. The Labute approximate surface area is 313 Å². The Morgan fingerprint density at radius 3 is 1.69 bits per heavy atom. The van der Waals surface area contributed by atoms with Crippen LogP contribution in [0.1, 0.15) is 0 Å². The van der Waals surface area contributed by atoms with Gasteiger partial charge < -0.3 is 29.6 Å². The van der Waals surface area contributed by atoms with E-state index in [4.69, 9.17) is 0 Å². The maximum absolute atomic E-state index is 11.6. The van der Waals surface area contributed by atoms with Crippen LogP contribution in [0.5, 0.6) is 0 Å². The predicted octanol–water partition coefficient (Wildman–Crippen LogP) is -12.6. The Kier molecular flexibility index (Phi) is 19.2. The minimum Gasteiger partial charge on any atom is -0.748 e. The first-order valence-electron chi connectivity index (χ1n) is 9.48.